The smallest absolute Gasteiger partial charge is 0.0762 e. The molecule has 1 heterocycles. The number of aromatic nitrogens is 2. The van der Waals surface area contributed by atoms with E-state index in [-0.39, 0.29) is 0 Å². The standard InChI is InChI=1S/C16H26ClN3/c17-11-13-5-4-8-16(13)18-12-14-9-10-20(19-14)15-6-2-1-3-7-15/h9-10,13,15-16,18H,1-8,11-12H2. The van der Waals surface area contributed by atoms with Gasteiger partial charge in [0.25, 0.3) is 0 Å². The number of alkyl halides is 1. The molecule has 2 fully saturated rings. The highest BCUT2D eigenvalue weighted by atomic mass is 35.5. The third kappa shape index (κ3) is 3.37. The van der Waals surface area contributed by atoms with Crippen LogP contribution < -0.4 is 5.32 Å². The van der Waals surface area contributed by atoms with E-state index < -0.39 is 0 Å². The molecule has 112 valence electrons. The Morgan fingerprint density at radius 3 is 2.80 bits per heavy atom. The van der Waals surface area contributed by atoms with Gasteiger partial charge in [0, 0.05) is 24.7 Å². The first-order chi connectivity index (χ1) is 9.86. The lowest BCUT2D eigenvalue weighted by Gasteiger charge is -2.22. The van der Waals surface area contributed by atoms with Gasteiger partial charge in [-0.15, -0.1) is 11.6 Å². The van der Waals surface area contributed by atoms with Crippen LogP contribution in [0, 0.1) is 5.92 Å². The normalized spacial score (nSPS) is 28.1. The van der Waals surface area contributed by atoms with Gasteiger partial charge >= 0.3 is 0 Å². The molecule has 4 heteroatoms. The molecule has 0 amide bonds. The summed E-state index contributed by atoms with van der Waals surface area (Å²) in [4.78, 5) is 0. The summed E-state index contributed by atoms with van der Waals surface area (Å²) in [6.45, 7) is 0.887. The molecule has 3 rings (SSSR count). The van der Waals surface area contributed by atoms with Crippen LogP contribution in [0.4, 0.5) is 0 Å². The van der Waals surface area contributed by atoms with E-state index in [1.165, 1.54) is 57.1 Å². The molecule has 2 atom stereocenters. The Labute approximate surface area is 127 Å². The monoisotopic (exact) mass is 295 g/mol. The number of rotatable bonds is 5. The third-order valence-electron chi connectivity index (χ3n) is 5.02. The van der Waals surface area contributed by atoms with Crippen LogP contribution in [0.5, 0.6) is 0 Å². The zero-order valence-corrected chi connectivity index (χ0v) is 13.0. The largest absolute Gasteiger partial charge is 0.308 e. The Morgan fingerprint density at radius 2 is 2.00 bits per heavy atom. The number of hydrogen-bond acceptors (Lipinski definition) is 2. The molecule has 0 aliphatic heterocycles. The molecule has 20 heavy (non-hydrogen) atoms. The third-order valence-corrected chi connectivity index (χ3v) is 5.41. The van der Waals surface area contributed by atoms with Crippen molar-refractivity contribution in [2.45, 2.75) is 70.0 Å². The Hall–Kier alpha value is -0.540. The highest BCUT2D eigenvalue weighted by Gasteiger charge is 2.26. The van der Waals surface area contributed by atoms with Gasteiger partial charge in [-0.25, -0.2) is 0 Å². The van der Waals surface area contributed by atoms with Crippen molar-refractivity contribution in [2.24, 2.45) is 5.92 Å². The maximum Gasteiger partial charge on any atom is 0.0762 e. The quantitative estimate of drug-likeness (QED) is 0.835. The zero-order valence-electron chi connectivity index (χ0n) is 12.2. The van der Waals surface area contributed by atoms with Gasteiger partial charge in [0.15, 0.2) is 0 Å². The van der Waals surface area contributed by atoms with Gasteiger partial charge in [0.2, 0.25) is 0 Å². The molecule has 2 unspecified atom stereocenters. The second-order valence-corrected chi connectivity index (χ2v) is 6.72. The zero-order chi connectivity index (χ0) is 13.8. The second-order valence-electron chi connectivity index (χ2n) is 6.41. The van der Waals surface area contributed by atoms with Crippen LogP contribution in [0.15, 0.2) is 12.3 Å². The molecule has 0 bridgehead atoms. The number of nitrogens with zero attached hydrogens (tertiary/aromatic N) is 2. The van der Waals surface area contributed by atoms with E-state index in [0.29, 0.717) is 18.0 Å². The van der Waals surface area contributed by atoms with E-state index in [4.69, 9.17) is 16.7 Å². The molecule has 0 radical (unpaired) electrons. The van der Waals surface area contributed by atoms with E-state index in [0.717, 1.165) is 12.4 Å². The van der Waals surface area contributed by atoms with Crippen molar-refractivity contribution >= 4 is 11.6 Å². The van der Waals surface area contributed by atoms with Crippen LogP contribution in [0.2, 0.25) is 0 Å². The maximum absolute atomic E-state index is 6.03. The maximum atomic E-state index is 6.03. The van der Waals surface area contributed by atoms with Gasteiger partial charge < -0.3 is 5.32 Å². The fraction of sp³-hybridized carbons (Fsp3) is 0.812. The first-order valence-electron chi connectivity index (χ1n) is 8.20. The molecule has 1 aromatic rings. The molecule has 2 aliphatic carbocycles. The fourth-order valence-electron chi connectivity index (χ4n) is 3.75. The Kier molecular flexibility index (Phi) is 5.00. The van der Waals surface area contributed by atoms with Crippen molar-refractivity contribution in [3.63, 3.8) is 0 Å². The first kappa shape index (κ1) is 14.4. The Morgan fingerprint density at radius 1 is 1.15 bits per heavy atom. The van der Waals surface area contributed by atoms with Crippen LogP contribution >= 0.6 is 11.6 Å². The molecular weight excluding hydrogens is 270 g/mol. The first-order valence-corrected chi connectivity index (χ1v) is 8.73. The molecular formula is C16H26ClN3. The second kappa shape index (κ2) is 6.95. The van der Waals surface area contributed by atoms with Crippen molar-refractivity contribution < 1.29 is 0 Å². The summed E-state index contributed by atoms with van der Waals surface area (Å²) < 4.78 is 2.20. The van der Waals surface area contributed by atoms with Crippen molar-refractivity contribution in [3.05, 3.63) is 18.0 Å². The van der Waals surface area contributed by atoms with E-state index >= 15 is 0 Å². The van der Waals surface area contributed by atoms with E-state index in [1.54, 1.807) is 0 Å². The van der Waals surface area contributed by atoms with Gasteiger partial charge in [0.1, 0.15) is 0 Å². The molecule has 2 saturated carbocycles. The van der Waals surface area contributed by atoms with Gasteiger partial charge in [-0.2, -0.15) is 5.10 Å². The van der Waals surface area contributed by atoms with E-state index in [9.17, 15) is 0 Å². The van der Waals surface area contributed by atoms with E-state index in [1.807, 2.05) is 0 Å². The lowest BCUT2D eigenvalue weighted by molar-refractivity contribution is 0.327. The van der Waals surface area contributed by atoms with Gasteiger partial charge in [-0.3, -0.25) is 4.68 Å². The van der Waals surface area contributed by atoms with Crippen LogP contribution in [-0.4, -0.2) is 21.7 Å². The average Bonchev–Trinajstić information content (AvgIpc) is 3.15. The van der Waals surface area contributed by atoms with Crippen molar-refractivity contribution in [1.82, 2.24) is 15.1 Å². The highest BCUT2D eigenvalue weighted by Crippen LogP contribution is 2.28. The molecule has 1 N–H and O–H groups in total. The molecule has 2 aliphatic rings. The SMILES string of the molecule is ClCC1CCCC1NCc1ccn(C2CCCCC2)n1. The minimum absolute atomic E-state index is 0.590. The molecule has 0 aromatic carbocycles. The Balaban J connectivity index is 1.52. The van der Waals surface area contributed by atoms with Crippen molar-refractivity contribution in [1.29, 1.82) is 0 Å². The lowest BCUT2D eigenvalue weighted by atomic mass is 9.96. The lowest BCUT2D eigenvalue weighted by Crippen LogP contribution is -2.32. The van der Waals surface area contributed by atoms with Crippen LogP contribution in [0.1, 0.15) is 63.1 Å². The average molecular weight is 296 g/mol. The summed E-state index contributed by atoms with van der Waals surface area (Å²) in [5.74, 6) is 1.44. The minimum Gasteiger partial charge on any atom is -0.308 e. The predicted molar refractivity (Wildman–Crippen MR) is 83.0 cm³/mol. The van der Waals surface area contributed by atoms with Crippen molar-refractivity contribution in [2.75, 3.05) is 5.88 Å². The summed E-state index contributed by atoms with van der Waals surface area (Å²) in [6.07, 6.45) is 12.7. The molecule has 0 saturated heterocycles. The van der Waals surface area contributed by atoms with E-state index in [2.05, 4.69) is 22.3 Å². The topological polar surface area (TPSA) is 29.9 Å². The number of halogens is 1. The summed E-state index contributed by atoms with van der Waals surface area (Å²) >= 11 is 6.03. The molecule has 3 nitrogen and oxygen atoms in total. The van der Waals surface area contributed by atoms with Crippen LogP contribution in [0.25, 0.3) is 0 Å². The number of nitrogens with one attached hydrogen (secondary N) is 1. The summed E-state index contributed by atoms with van der Waals surface area (Å²) in [7, 11) is 0. The summed E-state index contributed by atoms with van der Waals surface area (Å²) in [5.41, 5.74) is 1.18. The predicted octanol–water partition coefficient (Wildman–Crippen LogP) is 3.89. The van der Waals surface area contributed by atoms with Gasteiger partial charge in [-0.05, 0) is 37.7 Å². The summed E-state index contributed by atoms with van der Waals surface area (Å²) in [5, 5.41) is 8.42. The van der Waals surface area contributed by atoms with Gasteiger partial charge in [0.05, 0.1) is 11.7 Å². The van der Waals surface area contributed by atoms with Crippen LogP contribution in [0.3, 0.4) is 0 Å². The van der Waals surface area contributed by atoms with Crippen molar-refractivity contribution in [3.8, 4) is 0 Å². The molecule has 0 spiro atoms. The highest BCUT2D eigenvalue weighted by molar-refractivity contribution is 6.18. The minimum atomic E-state index is 0.590. The Bertz CT molecular complexity index is 412. The summed E-state index contributed by atoms with van der Waals surface area (Å²) in [6, 6.07) is 3.40. The molecule has 1 aromatic heterocycles. The fourth-order valence-corrected chi connectivity index (χ4v) is 4.12. The number of hydrogen-bond donors (Lipinski definition) is 1. The van der Waals surface area contributed by atoms with Crippen LogP contribution in [-0.2, 0) is 6.54 Å². The van der Waals surface area contributed by atoms with Gasteiger partial charge in [-0.1, -0.05) is 25.7 Å².